The predicted octanol–water partition coefficient (Wildman–Crippen LogP) is 8.31. The third kappa shape index (κ3) is 3.57. The van der Waals surface area contributed by atoms with Crippen molar-refractivity contribution in [2.45, 2.75) is 12.8 Å². The van der Waals surface area contributed by atoms with Crippen molar-refractivity contribution in [2.75, 3.05) is 4.90 Å². The lowest BCUT2D eigenvalue weighted by Gasteiger charge is -2.29. The lowest BCUT2D eigenvalue weighted by molar-refractivity contribution is 0.918. The molecule has 0 spiro atoms. The van der Waals surface area contributed by atoms with Crippen LogP contribution in [0.4, 0.5) is 11.4 Å². The number of rotatable bonds is 4. The molecule has 0 atom stereocenters. The number of hydrogen-bond donors (Lipinski definition) is 0. The molecule has 5 aromatic rings. The highest BCUT2D eigenvalue weighted by molar-refractivity contribution is 9.10. The van der Waals surface area contributed by atoms with Crippen LogP contribution >= 0.6 is 15.9 Å². The third-order valence-corrected chi connectivity index (χ3v) is 6.62. The molecule has 0 saturated heterocycles. The average molecular weight is 492 g/mol. The number of fused-ring (bicyclic) bond motifs is 3. The van der Waals surface area contributed by atoms with E-state index in [1.807, 2.05) is 12.3 Å². The van der Waals surface area contributed by atoms with Gasteiger partial charge in [-0.1, -0.05) is 48.6 Å². The van der Waals surface area contributed by atoms with Gasteiger partial charge in [0, 0.05) is 38.5 Å². The second kappa shape index (κ2) is 8.38. The molecule has 3 aromatic carbocycles. The van der Waals surface area contributed by atoms with Crippen LogP contribution in [0.15, 0.2) is 120 Å². The maximum atomic E-state index is 4.69. The van der Waals surface area contributed by atoms with Crippen molar-refractivity contribution in [3.63, 3.8) is 0 Å². The summed E-state index contributed by atoms with van der Waals surface area (Å²) in [4.78, 5) is 7.07. The Morgan fingerprint density at radius 2 is 1.61 bits per heavy atom. The third-order valence-electron chi connectivity index (χ3n) is 6.15. The van der Waals surface area contributed by atoms with Crippen LogP contribution in [-0.4, -0.2) is 9.55 Å². The van der Waals surface area contributed by atoms with Crippen LogP contribution in [0.3, 0.4) is 0 Å². The molecule has 4 heteroatoms. The van der Waals surface area contributed by atoms with E-state index in [9.17, 15) is 0 Å². The van der Waals surface area contributed by atoms with Crippen LogP contribution < -0.4 is 4.90 Å². The van der Waals surface area contributed by atoms with Crippen molar-refractivity contribution < 1.29 is 0 Å². The average Bonchev–Trinajstić information content (AvgIpc) is 3.20. The summed E-state index contributed by atoms with van der Waals surface area (Å²) < 4.78 is 3.22. The zero-order valence-electron chi connectivity index (χ0n) is 18.0. The van der Waals surface area contributed by atoms with Gasteiger partial charge in [0.1, 0.15) is 5.82 Å². The van der Waals surface area contributed by atoms with Crippen LogP contribution in [0, 0.1) is 0 Å². The zero-order chi connectivity index (χ0) is 22.2. The number of pyridine rings is 1. The monoisotopic (exact) mass is 491 g/mol. The first-order valence-corrected chi connectivity index (χ1v) is 11.9. The number of aromatic nitrogens is 2. The summed E-state index contributed by atoms with van der Waals surface area (Å²) in [6, 6.07) is 30.1. The molecule has 0 N–H and O–H groups in total. The summed E-state index contributed by atoms with van der Waals surface area (Å²) in [6.45, 7) is 0. The first-order chi connectivity index (χ1) is 16.3. The van der Waals surface area contributed by atoms with E-state index in [4.69, 9.17) is 0 Å². The maximum absolute atomic E-state index is 4.69. The standard InChI is InChI=1S/C29H22BrN3/c30-21-15-18-29(31-20-21)33-27-14-8-7-13-25(27)26-19-24(16-17-28(26)33)32(22-9-3-1-4-10-22)23-11-5-2-6-12-23/h1-5,7-11,13-20H,6,12H2. The fourth-order valence-corrected chi connectivity index (χ4v) is 4.92. The van der Waals surface area contributed by atoms with Gasteiger partial charge in [-0.05, 0) is 83.4 Å². The number of nitrogens with zero attached hydrogens (tertiary/aromatic N) is 3. The lowest BCUT2D eigenvalue weighted by Crippen LogP contribution is -2.17. The Morgan fingerprint density at radius 3 is 2.39 bits per heavy atom. The molecule has 0 bridgehead atoms. The molecule has 0 radical (unpaired) electrons. The molecule has 0 amide bonds. The predicted molar refractivity (Wildman–Crippen MR) is 141 cm³/mol. The van der Waals surface area contributed by atoms with Gasteiger partial charge in [-0.2, -0.15) is 0 Å². The minimum atomic E-state index is 0.914. The Morgan fingerprint density at radius 1 is 0.788 bits per heavy atom. The highest BCUT2D eigenvalue weighted by Crippen LogP contribution is 2.38. The Kier molecular flexibility index (Phi) is 5.08. The van der Waals surface area contributed by atoms with E-state index in [1.54, 1.807) is 0 Å². The number of para-hydroxylation sites is 2. The largest absolute Gasteiger partial charge is 0.314 e. The van der Waals surface area contributed by atoms with Crippen LogP contribution in [0.25, 0.3) is 27.6 Å². The molecule has 33 heavy (non-hydrogen) atoms. The van der Waals surface area contributed by atoms with Gasteiger partial charge < -0.3 is 4.90 Å². The van der Waals surface area contributed by atoms with Crippen LogP contribution in [-0.2, 0) is 0 Å². The van der Waals surface area contributed by atoms with Gasteiger partial charge in [0.25, 0.3) is 0 Å². The minimum Gasteiger partial charge on any atom is -0.314 e. The Bertz CT molecular complexity index is 1510. The minimum absolute atomic E-state index is 0.914. The Balaban J connectivity index is 1.59. The zero-order valence-corrected chi connectivity index (χ0v) is 19.6. The molecular weight excluding hydrogens is 470 g/mol. The molecule has 3 nitrogen and oxygen atoms in total. The molecule has 0 fully saturated rings. The second-order valence-corrected chi connectivity index (χ2v) is 9.10. The summed E-state index contributed by atoms with van der Waals surface area (Å²) in [5, 5.41) is 2.45. The van der Waals surface area contributed by atoms with Crippen molar-refractivity contribution in [2.24, 2.45) is 0 Å². The molecular formula is C29H22BrN3. The fourth-order valence-electron chi connectivity index (χ4n) is 4.68. The van der Waals surface area contributed by atoms with Crippen molar-refractivity contribution in [3.05, 3.63) is 120 Å². The highest BCUT2D eigenvalue weighted by Gasteiger charge is 2.18. The number of hydrogen-bond acceptors (Lipinski definition) is 2. The first kappa shape index (κ1) is 20.0. The number of anilines is 2. The number of halogens is 1. The van der Waals surface area contributed by atoms with E-state index in [0.29, 0.717) is 0 Å². The molecule has 2 aromatic heterocycles. The summed E-state index contributed by atoms with van der Waals surface area (Å²) in [5.41, 5.74) is 5.96. The van der Waals surface area contributed by atoms with Crippen molar-refractivity contribution in [1.29, 1.82) is 0 Å². The van der Waals surface area contributed by atoms with Crippen LogP contribution in [0.5, 0.6) is 0 Å². The van der Waals surface area contributed by atoms with E-state index < -0.39 is 0 Å². The van der Waals surface area contributed by atoms with Gasteiger partial charge >= 0.3 is 0 Å². The normalized spacial score (nSPS) is 13.4. The SMILES string of the molecule is Brc1ccc(-n2c3ccccc3c3cc(N(C4=CC=CCC4)c4ccccc4)ccc32)nc1. The van der Waals surface area contributed by atoms with Crippen LogP contribution in [0.1, 0.15) is 12.8 Å². The topological polar surface area (TPSA) is 21.1 Å². The summed E-state index contributed by atoms with van der Waals surface area (Å²) in [7, 11) is 0. The Labute approximate surface area is 201 Å². The van der Waals surface area contributed by atoms with Crippen LogP contribution in [0.2, 0.25) is 0 Å². The van der Waals surface area contributed by atoms with Gasteiger partial charge in [-0.3, -0.25) is 4.57 Å². The van der Waals surface area contributed by atoms with Gasteiger partial charge in [-0.25, -0.2) is 4.98 Å². The maximum Gasteiger partial charge on any atom is 0.137 e. The lowest BCUT2D eigenvalue weighted by atomic mass is 10.1. The van der Waals surface area contributed by atoms with E-state index in [2.05, 4.69) is 127 Å². The number of benzene rings is 3. The van der Waals surface area contributed by atoms with Gasteiger partial charge in [-0.15, -0.1) is 0 Å². The van der Waals surface area contributed by atoms with E-state index in [0.717, 1.165) is 34.2 Å². The van der Waals surface area contributed by atoms with Crippen molar-refractivity contribution >= 4 is 49.1 Å². The fraction of sp³-hybridized carbons (Fsp3) is 0.0690. The molecule has 160 valence electrons. The van der Waals surface area contributed by atoms with Gasteiger partial charge in [0.15, 0.2) is 0 Å². The molecule has 2 heterocycles. The summed E-state index contributed by atoms with van der Waals surface area (Å²) >= 11 is 3.51. The van der Waals surface area contributed by atoms with Crippen molar-refractivity contribution in [3.8, 4) is 5.82 Å². The first-order valence-electron chi connectivity index (χ1n) is 11.2. The second-order valence-electron chi connectivity index (χ2n) is 8.18. The van der Waals surface area contributed by atoms with Crippen molar-refractivity contribution in [1.82, 2.24) is 9.55 Å². The molecule has 1 aliphatic carbocycles. The Hall–Kier alpha value is -3.63. The molecule has 1 aliphatic rings. The molecule has 0 saturated carbocycles. The smallest absolute Gasteiger partial charge is 0.137 e. The molecule has 0 aliphatic heterocycles. The van der Waals surface area contributed by atoms with E-state index in [1.165, 1.54) is 27.8 Å². The van der Waals surface area contributed by atoms with E-state index >= 15 is 0 Å². The summed E-state index contributed by atoms with van der Waals surface area (Å²) in [5.74, 6) is 0.914. The summed E-state index contributed by atoms with van der Waals surface area (Å²) in [6.07, 6.45) is 10.6. The quantitative estimate of drug-likeness (QED) is 0.252. The van der Waals surface area contributed by atoms with Gasteiger partial charge in [0.2, 0.25) is 0 Å². The number of allylic oxidation sites excluding steroid dienone is 4. The molecule has 0 unspecified atom stereocenters. The van der Waals surface area contributed by atoms with E-state index in [-0.39, 0.29) is 0 Å². The highest BCUT2D eigenvalue weighted by atomic mass is 79.9. The van der Waals surface area contributed by atoms with Gasteiger partial charge in [0.05, 0.1) is 11.0 Å². The molecule has 6 rings (SSSR count).